The molecule has 0 saturated heterocycles. The zero-order chi connectivity index (χ0) is 15.6. The van der Waals surface area contributed by atoms with Gasteiger partial charge in [-0.3, -0.25) is 4.79 Å². The first-order valence-corrected chi connectivity index (χ1v) is 7.75. The number of aliphatic carboxylic acids is 1. The number of carbonyl (C=O) groups is 2. The summed E-state index contributed by atoms with van der Waals surface area (Å²) >= 11 is 0. The van der Waals surface area contributed by atoms with Gasteiger partial charge in [-0.15, -0.1) is 0 Å². The molecule has 0 aromatic carbocycles. The number of nitrogens with one attached hydrogen (secondary N) is 2. The van der Waals surface area contributed by atoms with Crippen molar-refractivity contribution in [1.29, 1.82) is 0 Å². The van der Waals surface area contributed by atoms with Gasteiger partial charge >= 0.3 is 12.0 Å². The lowest BCUT2D eigenvalue weighted by Crippen LogP contribution is -2.49. The van der Waals surface area contributed by atoms with E-state index in [2.05, 4.69) is 10.6 Å². The first-order chi connectivity index (χ1) is 9.77. The van der Waals surface area contributed by atoms with Gasteiger partial charge in [0.05, 0.1) is 12.0 Å². The molecule has 0 radical (unpaired) electrons. The van der Waals surface area contributed by atoms with Gasteiger partial charge in [-0.05, 0) is 50.9 Å². The Bertz CT molecular complexity index is 410. The Hall–Kier alpha value is -1.30. The molecule has 6 nitrogen and oxygen atoms in total. The fraction of sp³-hybridized carbons (Fsp3) is 0.867. The summed E-state index contributed by atoms with van der Waals surface area (Å²) in [5.74, 6) is 1.04. The average Bonchev–Trinajstić information content (AvgIpc) is 2.97. The monoisotopic (exact) mass is 298 g/mol. The summed E-state index contributed by atoms with van der Waals surface area (Å²) in [5.41, 5.74) is -1.43. The maximum atomic E-state index is 11.9. The third-order valence-electron chi connectivity index (χ3n) is 4.96. The van der Waals surface area contributed by atoms with Crippen molar-refractivity contribution in [2.75, 3.05) is 6.54 Å². The van der Waals surface area contributed by atoms with Crippen LogP contribution in [0.5, 0.6) is 0 Å². The maximum absolute atomic E-state index is 11.9. The number of hydrogen-bond donors (Lipinski definition) is 4. The van der Waals surface area contributed by atoms with Crippen LogP contribution in [0.1, 0.15) is 46.0 Å². The molecule has 0 aliphatic heterocycles. The van der Waals surface area contributed by atoms with Gasteiger partial charge in [0.25, 0.3) is 0 Å². The molecule has 5 atom stereocenters. The van der Waals surface area contributed by atoms with E-state index in [1.54, 1.807) is 0 Å². The Morgan fingerprint density at radius 3 is 2.57 bits per heavy atom. The predicted octanol–water partition coefficient (Wildman–Crippen LogP) is 1.34. The Morgan fingerprint density at radius 2 is 2.05 bits per heavy atom. The van der Waals surface area contributed by atoms with Crippen molar-refractivity contribution >= 4 is 12.0 Å². The lowest BCUT2D eigenvalue weighted by Gasteiger charge is -2.29. The van der Waals surface area contributed by atoms with E-state index in [1.807, 2.05) is 6.92 Å². The summed E-state index contributed by atoms with van der Waals surface area (Å²) in [6.07, 6.45) is 4.71. The van der Waals surface area contributed by atoms with Gasteiger partial charge in [0.1, 0.15) is 0 Å². The molecule has 0 spiro atoms. The highest BCUT2D eigenvalue weighted by atomic mass is 16.4. The number of hydrogen-bond acceptors (Lipinski definition) is 3. The molecule has 2 amide bonds. The van der Waals surface area contributed by atoms with Gasteiger partial charge in [-0.25, -0.2) is 4.79 Å². The SMILES string of the molecule is CC(NC(=O)NCC(C)(O)CC(=O)O)C1CC2CCC1C2. The summed E-state index contributed by atoms with van der Waals surface area (Å²) in [6, 6.07) is -0.222. The van der Waals surface area contributed by atoms with E-state index in [0.29, 0.717) is 5.92 Å². The summed E-state index contributed by atoms with van der Waals surface area (Å²) in [6.45, 7) is 3.36. The van der Waals surface area contributed by atoms with Crippen LogP contribution in [0.25, 0.3) is 0 Å². The molecular weight excluding hydrogens is 272 g/mol. The molecule has 2 rings (SSSR count). The summed E-state index contributed by atoms with van der Waals surface area (Å²) in [7, 11) is 0. The molecule has 6 heteroatoms. The molecule has 0 aromatic heterocycles. The van der Waals surface area contributed by atoms with Crippen LogP contribution in [0.3, 0.4) is 0 Å². The Morgan fingerprint density at radius 1 is 1.33 bits per heavy atom. The van der Waals surface area contributed by atoms with Crippen molar-refractivity contribution in [3.63, 3.8) is 0 Å². The van der Waals surface area contributed by atoms with Gasteiger partial charge in [-0.2, -0.15) is 0 Å². The van der Waals surface area contributed by atoms with E-state index in [9.17, 15) is 14.7 Å². The van der Waals surface area contributed by atoms with E-state index in [1.165, 1.54) is 32.6 Å². The zero-order valence-corrected chi connectivity index (χ0v) is 12.8. The first kappa shape index (κ1) is 16.1. The number of carboxylic acid groups (broad SMARTS) is 1. The number of aliphatic hydroxyl groups is 1. The van der Waals surface area contributed by atoms with E-state index in [0.717, 1.165) is 11.8 Å². The van der Waals surface area contributed by atoms with E-state index in [4.69, 9.17) is 5.11 Å². The average molecular weight is 298 g/mol. The van der Waals surface area contributed by atoms with E-state index in [-0.39, 0.29) is 18.6 Å². The Kier molecular flexibility index (Phi) is 4.76. The van der Waals surface area contributed by atoms with Crippen LogP contribution in [0.15, 0.2) is 0 Å². The van der Waals surface area contributed by atoms with Crippen molar-refractivity contribution in [1.82, 2.24) is 10.6 Å². The fourth-order valence-corrected chi connectivity index (χ4v) is 3.93. The number of carbonyl (C=O) groups excluding carboxylic acids is 1. The van der Waals surface area contributed by atoms with Crippen molar-refractivity contribution in [2.45, 2.75) is 57.6 Å². The second-order valence-corrected chi connectivity index (χ2v) is 7.02. The topological polar surface area (TPSA) is 98.7 Å². The Labute approximate surface area is 125 Å². The van der Waals surface area contributed by atoms with Crippen molar-refractivity contribution < 1.29 is 19.8 Å². The van der Waals surface area contributed by atoms with Crippen LogP contribution in [-0.4, -0.2) is 40.4 Å². The lowest BCUT2D eigenvalue weighted by atomic mass is 9.84. The van der Waals surface area contributed by atoms with Crippen LogP contribution in [0.4, 0.5) is 4.79 Å². The minimum absolute atomic E-state index is 0.0748. The smallest absolute Gasteiger partial charge is 0.315 e. The standard InChI is InChI=1S/C15H26N2O4/c1-9(12-6-10-3-4-11(12)5-10)17-14(20)16-8-15(2,21)7-13(18)19/h9-12,21H,3-8H2,1-2H3,(H,18,19)(H2,16,17,20). The molecule has 0 aromatic rings. The number of fused-ring (bicyclic) bond motifs is 2. The Balaban J connectivity index is 1.73. The van der Waals surface area contributed by atoms with E-state index >= 15 is 0 Å². The molecule has 120 valence electrons. The third-order valence-corrected chi connectivity index (χ3v) is 4.96. The van der Waals surface area contributed by atoms with E-state index < -0.39 is 18.0 Å². The largest absolute Gasteiger partial charge is 0.481 e. The van der Waals surface area contributed by atoms with Crippen molar-refractivity contribution in [2.24, 2.45) is 17.8 Å². The van der Waals surface area contributed by atoms with Crippen LogP contribution >= 0.6 is 0 Å². The highest BCUT2D eigenvalue weighted by Gasteiger charge is 2.42. The van der Waals surface area contributed by atoms with Crippen LogP contribution in [-0.2, 0) is 4.79 Å². The number of amides is 2. The van der Waals surface area contributed by atoms with Crippen molar-refractivity contribution in [3.8, 4) is 0 Å². The van der Waals surface area contributed by atoms with Gasteiger partial charge in [0.2, 0.25) is 0 Å². The number of carboxylic acids is 1. The third kappa shape index (κ3) is 4.33. The van der Waals surface area contributed by atoms with Gasteiger partial charge in [-0.1, -0.05) is 6.42 Å². The van der Waals surface area contributed by atoms with Crippen LogP contribution in [0, 0.1) is 17.8 Å². The minimum Gasteiger partial charge on any atom is -0.481 e. The number of rotatable bonds is 6. The molecular formula is C15H26N2O4. The van der Waals surface area contributed by atoms with Crippen molar-refractivity contribution in [3.05, 3.63) is 0 Å². The minimum atomic E-state index is -1.43. The predicted molar refractivity (Wildman–Crippen MR) is 77.8 cm³/mol. The summed E-state index contributed by atoms with van der Waals surface area (Å²) in [4.78, 5) is 22.5. The van der Waals surface area contributed by atoms with Crippen LogP contribution in [0.2, 0.25) is 0 Å². The summed E-state index contributed by atoms with van der Waals surface area (Å²) in [5, 5.41) is 24.0. The molecule has 2 aliphatic carbocycles. The van der Waals surface area contributed by atoms with Gasteiger partial charge in [0, 0.05) is 12.6 Å². The second kappa shape index (κ2) is 6.22. The molecule has 4 N–H and O–H groups in total. The lowest BCUT2D eigenvalue weighted by molar-refractivity contribution is -0.141. The molecule has 2 aliphatic rings. The fourth-order valence-electron chi connectivity index (χ4n) is 3.93. The molecule has 21 heavy (non-hydrogen) atoms. The van der Waals surface area contributed by atoms with Crippen LogP contribution < -0.4 is 10.6 Å². The maximum Gasteiger partial charge on any atom is 0.315 e. The molecule has 5 unspecified atom stereocenters. The highest BCUT2D eigenvalue weighted by molar-refractivity contribution is 5.74. The van der Waals surface area contributed by atoms with Gasteiger partial charge < -0.3 is 20.8 Å². The normalized spacial score (nSPS) is 31.5. The second-order valence-electron chi connectivity index (χ2n) is 7.02. The summed E-state index contributed by atoms with van der Waals surface area (Å²) < 4.78 is 0. The highest BCUT2D eigenvalue weighted by Crippen LogP contribution is 2.49. The van der Waals surface area contributed by atoms with Gasteiger partial charge in [0.15, 0.2) is 0 Å². The molecule has 2 fully saturated rings. The zero-order valence-electron chi connectivity index (χ0n) is 12.8. The quantitative estimate of drug-likeness (QED) is 0.594. The number of urea groups is 1. The first-order valence-electron chi connectivity index (χ1n) is 7.75. The molecule has 2 bridgehead atoms. The molecule has 2 saturated carbocycles. The molecule has 0 heterocycles.